The van der Waals surface area contributed by atoms with Gasteiger partial charge in [-0.15, -0.1) is 0 Å². The maximum atomic E-state index is 12.5. The van der Waals surface area contributed by atoms with Gasteiger partial charge in [-0.2, -0.15) is 5.26 Å². The summed E-state index contributed by atoms with van der Waals surface area (Å²) >= 11 is 0. The lowest BCUT2D eigenvalue weighted by atomic mass is 10.1. The lowest BCUT2D eigenvalue weighted by Crippen LogP contribution is -2.57. The maximum absolute atomic E-state index is 12.5. The predicted molar refractivity (Wildman–Crippen MR) is 96.0 cm³/mol. The highest BCUT2D eigenvalue weighted by Gasteiger charge is 2.33. The second-order valence-electron chi connectivity index (χ2n) is 6.20. The summed E-state index contributed by atoms with van der Waals surface area (Å²) in [5.74, 6) is 0.0857. The lowest BCUT2D eigenvalue weighted by Gasteiger charge is -2.38. The van der Waals surface area contributed by atoms with Gasteiger partial charge in [0, 0.05) is 6.20 Å². The van der Waals surface area contributed by atoms with Crippen LogP contribution in [-0.2, 0) is 11.3 Å². The zero-order chi connectivity index (χ0) is 18.8. The zero-order valence-electron chi connectivity index (χ0n) is 14.3. The molecular weight excluding hydrogens is 346 g/mol. The molecule has 0 saturated carbocycles. The summed E-state index contributed by atoms with van der Waals surface area (Å²) in [5, 5.41) is 9.54. The van der Waals surface area contributed by atoms with Crippen molar-refractivity contribution >= 4 is 16.8 Å². The van der Waals surface area contributed by atoms with Crippen LogP contribution in [0.25, 0.3) is 10.9 Å². The molecule has 1 aromatic carbocycles. The highest BCUT2D eigenvalue weighted by Crippen LogP contribution is 2.19. The van der Waals surface area contributed by atoms with Gasteiger partial charge in [0.25, 0.3) is 5.56 Å². The highest BCUT2D eigenvalue weighted by atomic mass is 16.5. The molecule has 2 aromatic heterocycles. The van der Waals surface area contributed by atoms with E-state index in [0.717, 1.165) is 0 Å². The topological polar surface area (TPSA) is 101 Å². The molecule has 8 nitrogen and oxygen atoms in total. The number of nitriles is 1. The van der Waals surface area contributed by atoms with Gasteiger partial charge in [-0.25, -0.2) is 9.97 Å². The Morgan fingerprint density at radius 2 is 2.04 bits per heavy atom. The van der Waals surface area contributed by atoms with Crippen LogP contribution in [0.5, 0.6) is 5.88 Å². The molecule has 0 unspecified atom stereocenters. The number of fused-ring (bicyclic) bond motifs is 1. The predicted octanol–water partition coefficient (Wildman–Crippen LogP) is 0.953. The Hall–Kier alpha value is -3.73. The molecule has 0 atom stereocenters. The normalized spacial score (nSPS) is 13.8. The van der Waals surface area contributed by atoms with Crippen molar-refractivity contribution in [1.29, 1.82) is 5.26 Å². The molecule has 3 aromatic rings. The average Bonchev–Trinajstić information content (AvgIpc) is 2.67. The smallest absolute Gasteiger partial charge is 0.261 e. The van der Waals surface area contributed by atoms with Gasteiger partial charge in [0.15, 0.2) is 0 Å². The van der Waals surface area contributed by atoms with Crippen LogP contribution in [-0.4, -0.2) is 44.5 Å². The monoisotopic (exact) mass is 361 g/mol. The van der Waals surface area contributed by atoms with Crippen LogP contribution < -0.4 is 10.3 Å². The number of benzene rings is 1. The number of pyridine rings is 1. The van der Waals surface area contributed by atoms with Crippen molar-refractivity contribution in [2.24, 2.45) is 0 Å². The van der Waals surface area contributed by atoms with Gasteiger partial charge in [0.05, 0.1) is 30.3 Å². The fraction of sp³-hybridized carbons (Fsp3) is 0.211. The van der Waals surface area contributed by atoms with Gasteiger partial charge in [-0.05, 0) is 24.3 Å². The molecule has 27 heavy (non-hydrogen) atoms. The number of hydrogen-bond donors (Lipinski definition) is 0. The van der Waals surface area contributed by atoms with E-state index in [1.54, 1.807) is 41.4 Å². The molecule has 1 amide bonds. The Balaban J connectivity index is 1.39. The minimum absolute atomic E-state index is 0.0730. The third-order valence-corrected chi connectivity index (χ3v) is 4.41. The molecule has 8 heteroatoms. The molecule has 0 N–H and O–H groups in total. The van der Waals surface area contributed by atoms with Crippen LogP contribution in [0.15, 0.2) is 53.7 Å². The third kappa shape index (κ3) is 3.22. The molecule has 1 aliphatic rings. The van der Waals surface area contributed by atoms with E-state index in [-0.39, 0.29) is 30.0 Å². The number of carbonyl (C=O) groups excluding carboxylic acids is 1. The number of likely N-dealkylation sites (tertiary alicyclic amines) is 1. The number of para-hydroxylation sites is 1. The molecule has 1 saturated heterocycles. The molecule has 4 rings (SSSR count). The first-order valence-electron chi connectivity index (χ1n) is 8.39. The van der Waals surface area contributed by atoms with Crippen molar-refractivity contribution < 1.29 is 9.53 Å². The van der Waals surface area contributed by atoms with Crippen molar-refractivity contribution in [2.75, 3.05) is 13.1 Å². The Bertz CT molecular complexity index is 1110. The number of carbonyl (C=O) groups is 1. The second kappa shape index (κ2) is 6.88. The summed E-state index contributed by atoms with van der Waals surface area (Å²) in [5.41, 5.74) is 0.720. The van der Waals surface area contributed by atoms with Gasteiger partial charge in [-0.1, -0.05) is 12.1 Å². The summed E-state index contributed by atoms with van der Waals surface area (Å²) in [4.78, 5) is 34.7. The van der Waals surface area contributed by atoms with Gasteiger partial charge in [-0.3, -0.25) is 14.2 Å². The van der Waals surface area contributed by atoms with E-state index in [4.69, 9.17) is 10.00 Å². The number of aromatic nitrogens is 3. The van der Waals surface area contributed by atoms with Gasteiger partial charge < -0.3 is 9.64 Å². The van der Waals surface area contributed by atoms with Crippen LogP contribution >= 0.6 is 0 Å². The molecule has 1 fully saturated rings. The SMILES string of the molecule is N#Cc1cccnc1OC1CN(C(=O)Cn2cnc3ccccc3c2=O)C1. The van der Waals surface area contributed by atoms with E-state index >= 15 is 0 Å². The molecule has 0 radical (unpaired) electrons. The van der Waals surface area contributed by atoms with Crippen molar-refractivity contribution in [2.45, 2.75) is 12.6 Å². The first kappa shape index (κ1) is 16.7. The van der Waals surface area contributed by atoms with E-state index in [0.29, 0.717) is 29.6 Å². The van der Waals surface area contributed by atoms with Crippen molar-refractivity contribution in [3.8, 4) is 11.9 Å². The highest BCUT2D eigenvalue weighted by molar-refractivity contribution is 5.79. The lowest BCUT2D eigenvalue weighted by molar-refractivity contribution is -0.140. The van der Waals surface area contributed by atoms with Crippen LogP contribution in [0, 0.1) is 11.3 Å². The number of ether oxygens (including phenoxy) is 1. The second-order valence-corrected chi connectivity index (χ2v) is 6.20. The van der Waals surface area contributed by atoms with Crippen LogP contribution in [0.3, 0.4) is 0 Å². The third-order valence-electron chi connectivity index (χ3n) is 4.41. The number of rotatable bonds is 4. The molecule has 0 spiro atoms. The Morgan fingerprint density at radius 1 is 1.22 bits per heavy atom. The summed E-state index contributed by atoms with van der Waals surface area (Å²) in [7, 11) is 0. The minimum atomic E-state index is -0.241. The first-order chi connectivity index (χ1) is 13.2. The van der Waals surface area contributed by atoms with E-state index in [2.05, 4.69) is 9.97 Å². The van der Waals surface area contributed by atoms with Gasteiger partial charge >= 0.3 is 0 Å². The fourth-order valence-electron chi connectivity index (χ4n) is 2.91. The number of amides is 1. The van der Waals surface area contributed by atoms with E-state index in [1.807, 2.05) is 12.1 Å². The van der Waals surface area contributed by atoms with Crippen LogP contribution in [0.4, 0.5) is 0 Å². The minimum Gasteiger partial charge on any atom is -0.470 e. The molecule has 3 heterocycles. The van der Waals surface area contributed by atoms with E-state index in [9.17, 15) is 9.59 Å². The van der Waals surface area contributed by atoms with Crippen molar-refractivity contribution in [1.82, 2.24) is 19.4 Å². The molecule has 134 valence electrons. The largest absolute Gasteiger partial charge is 0.470 e. The molecular formula is C19H15N5O3. The van der Waals surface area contributed by atoms with E-state index < -0.39 is 0 Å². The van der Waals surface area contributed by atoms with Gasteiger partial charge in [0.2, 0.25) is 11.8 Å². The summed E-state index contributed by atoms with van der Waals surface area (Å²) in [6, 6.07) is 12.3. The van der Waals surface area contributed by atoms with Crippen molar-refractivity contribution in [3.05, 3.63) is 64.8 Å². The molecule has 0 bridgehead atoms. The summed E-state index contributed by atoms with van der Waals surface area (Å²) < 4.78 is 6.99. The Morgan fingerprint density at radius 3 is 2.85 bits per heavy atom. The first-order valence-corrected chi connectivity index (χ1v) is 8.39. The quantitative estimate of drug-likeness (QED) is 0.686. The molecule has 0 aliphatic carbocycles. The summed E-state index contributed by atoms with van der Waals surface area (Å²) in [6.07, 6.45) is 2.72. The fourth-order valence-corrected chi connectivity index (χ4v) is 2.91. The van der Waals surface area contributed by atoms with E-state index in [1.165, 1.54) is 10.9 Å². The number of hydrogen-bond acceptors (Lipinski definition) is 6. The van der Waals surface area contributed by atoms with Crippen LogP contribution in [0.1, 0.15) is 5.56 Å². The van der Waals surface area contributed by atoms with Crippen LogP contribution in [0.2, 0.25) is 0 Å². The van der Waals surface area contributed by atoms with Crippen molar-refractivity contribution in [3.63, 3.8) is 0 Å². The average molecular weight is 361 g/mol. The summed E-state index contributed by atoms with van der Waals surface area (Å²) in [6.45, 7) is 0.697. The Labute approximate surface area is 154 Å². The zero-order valence-corrected chi connectivity index (χ0v) is 14.3. The maximum Gasteiger partial charge on any atom is 0.261 e. The Kier molecular flexibility index (Phi) is 4.26. The molecule has 1 aliphatic heterocycles. The van der Waals surface area contributed by atoms with Gasteiger partial charge in [0.1, 0.15) is 24.3 Å². The number of nitrogens with zero attached hydrogens (tertiary/aromatic N) is 5. The standard InChI is InChI=1S/C19H15N5O3/c20-8-13-4-3-7-21-18(13)27-14-9-23(10-14)17(25)11-24-12-22-16-6-2-1-5-15(16)19(24)26/h1-7,12,14H,9-11H2.